The summed E-state index contributed by atoms with van der Waals surface area (Å²) in [4.78, 5) is 49.4. The van der Waals surface area contributed by atoms with Gasteiger partial charge in [-0.05, 0) is 55.9 Å². The topological polar surface area (TPSA) is 90.4 Å². The van der Waals surface area contributed by atoms with Crippen LogP contribution in [0, 0.1) is 30.6 Å². The van der Waals surface area contributed by atoms with E-state index in [9.17, 15) is 14.7 Å². The van der Waals surface area contributed by atoms with Gasteiger partial charge in [0.25, 0.3) is 5.91 Å². The number of benzene rings is 2. The van der Waals surface area contributed by atoms with Crippen molar-refractivity contribution in [2.24, 2.45) is 23.7 Å². The van der Waals surface area contributed by atoms with Gasteiger partial charge in [0.1, 0.15) is 11.6 Å². The van der Waals surface area contributed by atoms with E-state index in [0.29, 0.717) is 22.8 Å². The van der Waals surface area contributed by atoms with E-state index in [4.69, 9.17) is 16.3 Å². The second kappa shape index (κ2) is 12.4. The van der Waals surface area contributed by atoms with Gasteiger partial charge in [0.2, 0.25) is 11.8 Å². The molecule has 7 atom stereocenters. The highest BCUT2D eigenvalue weighted by atomic mass is 35.5. The fourth-order valence-corrected chi connectivity index (χ4v) is 8.39. The molecule has 45 heavy (non-hydrogen) atoms. The predicted molar refractivity (Wildman–Crippen MR) is 177 cm³/mol. The van der Waals surface area contributed by atoms with E-state index < -0.39 is 35.1 Å². The number of ether oxygens (including phenoxy) is 1. The Morgan fingerprint density at radius 3 is 2.31 bits per heavy atom. The summed E-state index contributed by atoms with van der Waals surface area (Å²) in [6, 6.07) is 12.9. The summed E-state index contributed by atoms with van der Waals surface area (Å²) < 4.78 is 6.99. The Hall–Kier alpha value is -3.46. The molecule has 2 aromatic carbocycles. The molecule has 2 bridgehead atoms. The number of nitrogens with zero attached hydrogens (tertiary/aromatic N) is 3. The van der Waals surface area contributed by atoms with Crippen LogP contribution in [0.4, 0.5) is 11.4 Å². The van der Waals surface area contributed by atoms with Crippen molar-refractivity contribution < 1.29 is 24.2 Å². The fourth-order valence-electron chi connectivity index (χ4n) is 8.07. The van der Waals surface area contributed by atoms with Crippen molar-refractivity contribution in [2.45, 2.75) is 64.3 Å². The minimum absolute atomic E-state index is 0.143. The molecule has 2 aromatic rings. The van der Waals surface area contributed by atoms with Gasteiger partial charge < -0.3 is 24.5 Å². The number of rotatable bonds is 11. The zero-order valence-corrected chi connectivity index (χ0v) is 27.5. The molecule has 8 nitrogen and oxygen atoms in total. The molecule has 0 radical (unpaired) electrons. The quantitative estimate of drug-likeness (QED) is 0.334. The molecular formula is C36H44ClN3O5. The number of carbonyl (C=O) groups is 3. The van der Waals surface area contributed by atoms with Crippen molar-refractivity contribution in [3.63, 3.8) is 0 Å². The molecule has 0 saturated carbocycles. The van der Waals surface area contributed by atoms with Crippen molar-refractivity contribution in [3.8, 4) is 0 Å². The van der Waals surface area contributed by atoms with Crippen molar-refractivity contribution in [1.82, 2.24) is 4.90 Å². The maximum absolute atomic E-state index is 15.1. The summed E-state index contributed by atoms with van der Waals surface area (Å²) in [5.41, 5.74) is -0.296. The molecular weight excluding hydrogens is 590 g/mol. The second-order valence-corrected chi connectivity index (χ2v) is 13.6. The molecule has 1 spiro atoms. The normalized spacial score (nSPS) is 29.1. The van der Waals surface area contributed by atoms with E-state index in [-0.39, 0.29) is 49.3 Å². The number of aliphatic hydroxyl groups is 1. The van der Waals surface area contributed by atoms with E-state index in [1.807, 2.05) is 77.1 Å². The number of aryl methyl sites for hydroxylation is 1. The lowest BCUT2D eigenvalue weighted by atomic mass is 9.62. The number of fused-ring (bicyclic) bond motifs is 1. The number of aliphatic hydroxyl groups excluding tert-OH is 1. The Morgan fingerprint density at radius 1 is 1.09 bits per heavy atom. The molecule has 1 N–H and O–H groups in total. The van der Waals surface area contributed by atoms with Crippen molar-refractivity contribution >= 4 is 40.7 Å². The third-order valence-corrected chi connectivity index (χ3v) is 10.6. The van der Waals surface area contributed by atoms with Gasteiger partial charge in [0, 0.05) is 18.8 Å². The van der Waals surface area contributed by atoms with Crippen LogP contribution < -0.4 is 9.80 Å². The number of para-hydroxylation sites is 2. The highest BCUT2D eigenvalue weighted by Gasteiger charge is 2.80. The number of likely N-dealkylation sites (tertiary alicyclic amines) is 1. The molecule has 240 valence electrons. The maximum Gasteiger partial charge on any atom is 0.253 e. The molecule has 3 aliphatic rings. The lowest BCUT2D eigenvalue weighted by molar-refractivity contribution is -0.150. The van der Waals surface area contributed by atoms with Gasteiger partial charge >= 0.3 is 0 Å². The van der Waals surface area contributed by atoms with Crippen LogP contribution in [0.2, 0.25) is 5.02 Å². The first-order chi connectivity index (χ1) is 21.4. The Labute approximate surface area is 271 Å². The number of anilines is 2. The first-order valence-electron chi connectivity index (χ1n) is 15.7. The minimum Gasteiger partial charge on any atom is -0.394 e. The zero-order chi connectivity index (χ0) is 32.8. The second-order valence-electron chi connectivity index (χ2n) is 13.2. The number of amides is 3. The number of hydrogen-bond donors (Lipinski definition) is 1. The third-order valence-electron chi connectivity index (χ3n) is 10.2. The Morgan fingerprint density at radius 2 is 1.73 bits per heavy atom. The monoisotopic (exact) mass is 633 g/mol. The van der Waals surface area contributed by atoms with Crippen molar-refractivity contribution in [3.05, 3.63) is 84.4 Å². The van der Waals surface area contributed by atoms with Crippen LogP contribution in [0.1, 0.15) is 39.7 Å². The summed E-state index contributed by atoms with van der Waals surface area (Å²) in [5, 5.41) is 11.0. The van der Waals surface area contributed by atoms with Crippen LogP contribution >= 0.6 is 11.6 Å². The molecule has 3 aliphatic heterocycles. The number of hydrogen-bond acceptors (Lipinski definition) is 5. The van der Waals surface area contributed by atoms with E-state index in [0.717, 1.165) is 5.56 Å². The van der Waals surface area contributed by atoms with Gasteiger partial charge in [0.05, 0.1) is 40.8 Å². The van der Waals surface area contributed by atoms with Crippen molar-refractivity contribution in [2.75, 3.05) is 29.5 Å². The summed E-state index contributed by atoms with van der Waals surface area (Å²) in [6.07, 6.45) is 3.69. The Kier molecular flexibility index (Phi) is 9.06. The van der Waals surface area contributed by atoms with Gasteiger partial charge in [-0.1, -0.05) is 74.9 Å². The number of carbonyl (C=O) groups excluding carboxylic acids is 3. The fraction of sp³-hybridized carbons (Fsp3) is 0.472. The Bertz CT molecular complexity index is 1480. The average molecular weight is 634 g/mol. The van der Waals surface area contributed by atoms with Crippen LogP contribution in [-0.2, 0) is 19.1 Å². The maximum atomic E-state index is 15.1. The van der Waals surface area contributed by atoms with Crippen molar-refractivity contribution in [1.29, 1.82) is 0 Å². The highest BCUT2D eigenvalue weighted by Crippen LogP contribution is 2.66. The van der Waals surface area contributed by atoms with Gasteiger partial charge in [-0.25, -0.2) is 0 Å². The molecule has 0 aromatic heterocycles. The van der Waals surface area contributed by atoms with E-state index in [1.54, 1.807) is 28.0 Å². The smallest absolute Gasteiger partial charge is 0.253 e. The average Bonchev–Trinajstić information content (AvgIpc) is 3.52. The van der Waals surface area contributed by atoms with Gasteiger partial charge in [0.15, 0.2) is 0 Å². The summed E-state index contributed by atoms with van der Waals surface area (Å²) in [5.74, 6) is -3.10. The summed E-state index contributed by atoms with van der Waals surface area (Å²) in [6.45, 7) is 17.4. The molecule has 9 heteroatoms. The lowest BCUT2D eigenvalue weighted by Crippen LogP contribution is -2.60. The first kappa shape index (κ1) is 32.9. The van der Waals surface area contributed by atoms with E-state index in [1.165, 1.54) is 4.90 Å². The van der Waals surface area contributed by atoms with E-state index in [2.05, 4.69) is 13.2 Å². The van der Waals surface area contributed by atoms with Crippen LogP contribution in [0.15, 0.2) is 73.8 Å². The first-order valence-corrected chi connectivity index (χ1v) is 16.0. The largest absolute Gasteiger partial charge is 0.394 e. The van der Waals surface area contributed by atoms with E-state index >= 15 is 4.79 Å². The SMILES string of the molecule is C=CCN(C(=O)[C@@H]1[C@H]2C(=O)N([C@@H](CO)C(C)C)C(C(=O)N(CC=C)c3c(C)cccc3Cl)C23CC(C)[C@@]1(C)O3)c1ccccc1. The minimum atomic E-state index is -1.30. The molecule has 0 aliphatic carbocycles. The summed E-state index contributed by atoms with van der Waals surface area (Å²) in [7, 11) is 0. The predicted octanol–water partition coefficient (Wildman–Crippen LogP) is 5.41. The number of halogens is 1. The van der Waals surface area contributed by atoms with Crippen LogP contribution in [0.25, 0.3) is 0 Å². The standard InChI is InChI=1S/C36H44ClN3O5/c1-8-18-38(25-15-11-10-12-16-25)32(42)28-29-33(43)40(27(21-41)22(3)4)31(36(29)20-24(6)35(28,7)45-36)34(44)39(19-9-2)30-23(5)14-13-17-26(30)37/h8-17,22,24,27-29,31,41H,1-2,18-21H2,3-7H3/t24?,27-,28-,29-,31?,35+,36?/m0/s1. The summed E-state index contributed by atoms with van der Waals surface area (Å²) >= 11 is 6.70. The van der Waals surface area contributed by atoms with Gasteiger partial charge in [-0.15, -0.1) is 13.2 Å². The molecule has 3 unspecified atom stereocenters. The lowest BCUT2D eigenvalue weighted by Gasteiger charge is -2.41. The van der Waals surface area contributed by atoms with Crippen LogP contribution in [-0.4, -0.2) is 70.7 Å². The molecule has 3 fully saturated rings. The van der Waals surface area contributed by atoms with Gasteiger partial charge in [-0.2, -0.15) is 0 Å². The third kappa shape index (κ3) is 5.02. The van der Waals surface area contributed by atoms with Crippen LogP contribution in [0.3, 0.4) is 0 Å². The highest BCUT2D eigenvalue weighted by molar-refractivity contribution is 6.34. The van der Waals surface area contributed by atoms with Crippen LogP contribution in [0.5, 0.6) is 0 Å². The Balaban J connectivity index is 1.70. The molecule has 3 heterocycles. The molecule has 3 saturated heterocycles. The zero-order valence-electron chi connectivity index (χ0n) is 26.8. The van der Waals surface area contributed by atoms with Gasteiger partial charge in [-0.3, -0.25) is 14.4 Å². The molecule has 5 rings (SSSR count). The molecule has 3 amide bonds.